The molecule has 1 saturated heterocycles. The van der Waals surface area contributed by atoms with E-state index >= 15 is 0 Å². The number of nitrogens with zero attached hydrogens (tertiary/aromatic N) is 3. The molecule has 1 aliphatic rings. The van der Waals surface area contributed by atoms with Gasteiger partial charge in [0.15, 0.2) is 5.69 Å². The molecule has 0 bridgehead atoms. The van der Waals surface area contributed by atoms with Crippen LogP contribution in [0.2, 0.25) is 0 Å². The number of hydrogen-bond acceptors (Lipinski definition) is 8. The summed E-state index contributed by atoms with van der Waals surface area (Å²) in [6.45, 7) is 0.331. The molecule has 1 aliphatic heterocycles. The molecule has 1 amide bonds. The highest BCUT2D eigenvalue weighted by molar-refractivity contribution is 8.25. The monoisotopic (exact) mass is 384 g/mol. The second-order valence-electron chi connectivity index (χ2n) is 5.88. The van der Waals surface area contributed by atoms with Crippen LogP contribution >= 0.6 is 10.8 Å². The van der Waals surface area contributed by atoms with E-state index in [4.69, 9.17) is 4.42 Å². The van der Waals surface area contributed by atoms with Crippen LogP contribution in [0, 0.1) is 0 Å². The lowest BCUT2D eigenvalue weighted by Crippen LogP contribution is -2.39. The molecule has 10 nitrogen and oxygen atoms in total. The zero-order valence-electron chi connectivity index (χ0n) is 14.1. The van der Waals surface area contributed by atoms with Gasteiger partial charge in [0.25, 0.3) is 11.5 Å². The number of hydrogen-bond donors (Lipinski definition) is 4. The molecular formula is C15H20N4O6S. The first-order valence-corrected chi connectivity index (χ1v) is 9.62. The first-order chi connectivity index (χ1) is 12.3. The molecule has 0 saturated carbocycles. The summed E-state index contributed by atoms with van der Waals surface area (Å²) in [4.78, 5) is 28.7. The van der Waals surface area contributed by atoms with Crippen LogP contribution in [0.3, 0.4) is 0 Å². The smallest absolute Gasteiger partial charge is 0.297 e. The molecule has 26 heavy (non-hydrogen) atoms. The van der Waals surface area contributed by atoms with Gasteiger partial charge < -0.3 is 14.8 Å². The number of nitrogens with one attached hydrogen (secondary N) is 1. The average Bonchev–Trinajstić information content (AvgIpc) is 3.12. The van der Waals surface area contributed by atoms with Gasteiger partial charge in [0, 0.05) is 13.6 Å². The molecule has 4 N–H and O–H groups in total. The molecule has 0 aliphatic carbocycles. The van der Waals surface area contributed by atoms with Crippen LogP contribution < -0.4 is 15.2 Å². The van der Waals surface area contributed by atoms with Gasteiger partial charge in [-0.15, -0.1) is 10.8 Å². The quantitative estimate of drug-likeness (QED) is 0.618. The molecule has 0 radical (unpaired) electrons. The Morgan fingerprint density at radius 2 is 2.19 bits per heavy atom. The van der Waals surface area contributed by atoms with E-state index in [0.29, 0.717) is 18.6 Å². The van der Waals surface area contributed by atoms with E-state index in [-0.39, 0.29) is 24.8 Å². The van der Waals surface area contributed by atoms with Gasteiger partial charge >= 0.3 is 0 Å². The van der Waals surface area contributed by atoms with Gasteiger partial charge in [0.1, 0.15) is 5.76 Å². The summed E-state index contributed by atoms with van der Waals surface area (Å²) >= 11 is 0. The lowest BCUT2D eigenvalue weighted by Gasteiger charge is -2.46. The van der Waals surface area contributed by atoms with Crippen molar-refractivity contribution in [2.24, 2.45) is 7.05 Å². The topological polar surface area (TPSA) is 141 Å². The highest BCUT2D eigenvalue weighted by Crippen LogP contribution is 2.48. The number of carbonyl (C=O) groups is 1. The maximum Gasteiger partial charge on any atom is 0.297 e. The van der Waals surface area contributed by atoms with Crippen molar-refractivity contribution in [3.8, 4) is 5.75 Å². The number of carbonyl (C=O) groups excluding carboxylic acids is 1. The van der Waals surface area contributed by atoms with E-state index in [0.717, 1.165) is 4.57 Å². The van der Waals surface area contributed by atoms with Crippen molar-refractivity contribution >= 4 is 22.6 Å². The summed E-state index contributed by atoms with van der Waals surface area (Å²) in [5.74, 6) is -1.00. The van der Waals surface area contributed by atoms with Gasteiger partial charge in [-0.3, -0.25) is 23.3 Å². The van der Waals surface area contributed by atoms with Crippen molar-refractivity contribution in [2.75, 3.05) is 16.6 Å². The maximum absolute atomic E-state index is 12.4. The largest absolute Gasteiger partial charge is 0.501 e. The van der Waals surface area contributed by atoms with Crippen molar-refractivity contribution in [1.29, 1.82) is 0 Å². The minimum Gasteiger partial charge on any atom is -0.501 e. The molecule has 0 aromatic carbocycles. The van der Waals surface area contributed by atoms with Crippen molar-refractivity contribution in [3.63, 3.8) is 0 Å². The second kappa shape index (κ2) is 7.02. The molecule has 142 valence electrons. The number of aromatic nitrogens is 2. The van der Waals surface area contributed by atoms with Crippen LogP contribution in [0.4, 0.5) is 5.95 Å². The molecule has 2 aromatic heterocycles. The van der Waals surface area contributed by atoms with Gasteiger partial charge in [-0.1, -0.05) is 0 Å². The molecular weight excluding hydrogens is 364 g/mol. The van der Waals surface area contributed by atoms with Gasteiger partial charge in [-0.25, -0.2) is 9.29 Å². The van der Waals surface area contributed by atoms with E-state index in [1.165, 1.54) is 17.6 Å². The van der Waals surface area contributed by atoms with Gasteiger partial charge in [0.2, 0.25) is 11.7 Å². The zero-order valence-corrected chi connectivity index (χ0v) is 14.9. The summed E-state index contributed by atoms with van der Waals surface area (Å²) in [6, 6.07) is 3.32. The first kappa shape index (κ1) is 18.3. The fourth-order valence-electron chi connectivity index (χ4n) is 2.66. The van der Waals surface area contributed by atoms with Gasteiger partial charge in [-0.2, -0.15) is 0 Å². The van der Waals surface area contributed by atoms with E-state index in [9.17, 15) is 23.8 Å². The highest BCUT2D eigenvalue weighted by atomic mass is 32.3. The van der Waals surface area contributed by atoms with Crippen LogP contribution in [-0.4, -0.2) is 42.0 Å². The van der Waals surface area contributed by atoms with Gasteiger partial charge in [0.05, 0.1) is 18.6 Å². The number of anilines is 1. The van der Waals surface area contributed by atoms with E-state index in [1.54, 1.807) is 12.1 Å². The Morgan fingerprint density at radius 1 is 1.42 bits per heavy atom. The Labute approximate surface area is 150 Å². The number of amides is 1. The molecule has 1 fully saturated rings. The summed E-state index contributed by atoms with van der Waals surface area (Å²) < 4.78 is 27.9. The van der Waals surface area contributed by atoms with Crippen LogP contribution in [0.5, 0.6) is 5.75 Å². The summed E-state index contributed by atoms with van der Waals surface area (Å²) in [5.41, 5.74) is -1.32. The Kier molecular flexibility index (Phi) is 4.94. The third-order valence-corrected chi connectivity index (χ3v) is 5.96. The Balaban J connectivity index is 1.94. The average molecular weight is 384 g/mol. The number of aromatic hydroxyl groups is 1. The SMILES string of the molecule is Cn1c(N2CCCCS2(O)O)nc(C(=O)NCc2ccco2)c(O)c1=O. The molecule has 11 heteroatoms. The van der Waals surface area contributed by atoms with E-state index < -0.39 is 33.7 Å². The molecule has 3 heterocycles. The Hall–Kier alpha value is -2.50. The number of rotatable bonds is 4. The first-order valence-electron chi connectivity index (χ1n) is 7.95. The minimum atomic E-state index is -3.14. The standard InChI is InChI=1S/C15H20N4O6S/c1-18-14(22)12(20)11(13(21)16-9-10-5-4-7-25-10)17-15(18)19-6-2-3-8-26(19,23)24/h4-5,7,20,23-24H,2-3,6,8-9H2,1H3,(H,16,21). The Bertz CT molecular complexity index is 864. The molecule has 0 unspecified atom stereocenters. The minimum absolute atomic E-state index is 0.0520. The van der Waals surface area contributed by atoms with Crippen molar-refractivity contribution in [3.05, 3.63) is 40.2 Å². The molecule has 0 atom stereocenters. The fourth-order valence-corrected chi connectivity index (χ4v) is 4.32. The van der Waals surface area contributed by atoms with Gasteiger partial charge in [-0.05, 0) is 25.0 Å². The lowest BCUT2D eigenvalue weighted by atomic mass is 10.3. The van der Waals surface area contributed by atoms with Crippen LogP contribution in [0.15, 0.2) is 27.6 Å². The predicted octanol–water partition coefficient (Wildman–Crippen LogP) is 1.27. The third kappa shape index (κ3) is 3.41. The molecule has 2 aromatic rings. The van der Waals surface area contributed by atoms with Crippen LogP contribution in [-0.2, 0) is 13.6 Å². The summed E-state index contributed by atoms with van der Waals surface area (Å²) in [5, 5.41) is 12.5. The van der Waals surface area contributed by atoms with E-state index in [1.807, 2.05) is 0 Å². The predicted molar refractivity (Wildman–Crippen MR) is 95.3 cm³/mol. The highest BCUT2D eigenvalue weighted by Gasteiger charge is 2.32. The summed E-state index contributed by atoms with van der Waals surface area (Å²) in [7, 11) is -1.79. The Morgan fingerprint density at radius 3 is 2.85 bits per heavy atom. The number of furan rings is 1. The third-order valence-electron chi connectivity index (χ3n) is 4.07. The molecule has 3 rings (SSSR count). The van der Waals surface area contributed by atoms with Crippen molar-refractivity contribution in [2.45, 2.75) is 19.4 Å². The second-order valence-corrected chi connectivity index (χ2v) is 7.99. The van der Waals surface area contributed by atoms with Crippen LogP contribution in [0.25, 0.3) is 0 Å². The van der Waals surface area contributed by atoms with E-state index in [2.05, 4.69) is 10.3 Å². The fraction of sp³-hybridized carbons (Fsp3) is 0.400. The maximum atomic E-state index is 12.4. The van der Waals surface area contributed by atoms with Crippen LogP contribution in [0.1, 0.15) is 29.1 Å². The zero-order chi connectivity index (χ0) is 18.9. The normalized spacial score (nSPS) is 17.7. The van der Waals surface area contributed by atoms with Crippen molar-refractivity contribution in [1.82, 2.24) is 14.9 Å². The van der Waals surface area contributed by atoms with Crippen molar-refractivity contribution < 1.29 is 23.4 Å². The summed E-state index contributed by atoms with van der Waals surface area (Å²) in [6.07, 6.45) is 2.78. The lowest BCUT2D eigenvalue weighted by molar-refractivity contribution is 0.0939. The molecule has 0 spiro atoms.